The van der Waals surface area contributed by atoms with Gasteiger partial charge in [-0.3, -0.25) is 9.48 Å². The number of anilines is 1. The van der Waals surface area contributed by atoms with E-state index in [1.807, 2.05) is 6.20 Å². The van der Waals surface area contributed by atoms with E-state index in [0.29, 0.717) is 0 Å². The molecule has 0 aromatic carbocycles. The number of nitrogens with one attached hydrogen (secondary N) is 1. The Morgan fingerprint density at radius 2 is 2.09 bits per heavy atom. The van der Waals surface area contributed by atoms with Crippen molar-refractivity contribution in [2.24, 2.45) is 0 Å². The van der Waals surface area contributed by atoms with Crippen LogP contribution in [0.5, 0.6) is 0 Å². The first kappa shape index (κ1) is 15.5. The smallest absolute Gasteiger partial charge is 0.274 e. The van der Waals surface area contributed by atoms with Gasteiger partial charge in [-0.25, -0.2) is 9.97 Å². The number of aromatic nitrogens is 4. The number of hydrogen-bond donors (Lipinski definition) is 2. The lowest BCUT2D eigenvalue weighted by Crippen LogP contribution is -2.33. The van der Waals surface area contributed by atoms with Gasteiger partial charge in [-0.2, -0.15) is 5.10 Å². The highest BCUT2D eigenvalue weighted by atomic mass is 16.2. The molecule has 3 N–H and O–H groups in total. The number of amides is 1. The van der Waals surface area contributed by atoms with Crippen molar-refractivity contribution < 1.29 is 4.79 Å². The average molecular weight is 314 g/mol. The number of nitrogens with two attached hydrogens (primary N) is 1. The predicted octanol–water partition coefficient (Wildman–Crippen LogP) is 1.82. The van der Waals surface area contributed by atoms with Crippen LogP contribution in [-0.4, -0.2) is 25.7 Å². The molecule has 1 amide bonds. The van der Waals surface area contributed by atoms with Crippen molar-refractivity contribution in [1.29, 1.82) is 0 Å². The molecule has 0 radical (unpaired) electrons. The van der Waals surface area contributed by atoms with E-state index in [4.69, 9.17) is 5.73 Å². The third kappa shape index (κ3) is 2.91. The normalized spacial score (nSPS) is 17.6. The Morgan fingerprint density at radius 1 is 1.35 bits per heavy atom. The lowest BCUT2D eigenvalue weighted by atomic mass is 9.92. The van der Waals surface area contributed by atoms with Crippen molar-refractivity contribution in [3.63, 3.8) is 0 Å². The molecule has 0 saturated heterocycles. The minimum atomic E-state index is -0.294. The summed E-state index contributed by atoms with van der Waals surface area (Å²) >= 11 is 0. The number of rotatable bonds is 2. The zero-order valence-corrected chi connectivity index (χ0v) is 13.7. The molecule has 1 unspecified atom stereocenters. The Balaban J connectivity index is 1.86. The molecule has 0 spiro atoms. The van der Waals surface area contributed by atoms with Crippen LogP contribution < -0.4 is 11.1 Å². The summed E-state index contributed by atoms with van der Waals surface area (Å²) < 4.78 is 2.05. The zero-order valence-electron chi connectivity index (χ0n) is 13.7. The minimum Gasteiger partial charge on any atom is -0.382 e. The van der Waals surface area contributed by atoms with Crippen LogP contribution in [0.2, 0.25) is 0 Å². The van der Waals surface area contributed by atoms with Gasteiger partial charge in [0.05, 0.1) is 17.8 Å². The summed E-state index contributed by atoms with van der Waals surface area (Å²) in [7, 11) is 0. The monoisotopic (exact) mass is 314 g/mol. The Labute approximate surface area is 135 Å². The van der Waals surface area contributed by atoms with E-state index in [9.17, 15) is 4.79 Å². The van der Waals surface area contributed by atoms with Gasteiger partial charge < -0.3 is 11.1 Å². The molecular weight excluding hydrogens is 292 g/mol. The molecule has 3 rings (SSSR count). The summed E-state index contributed by atoms with van der Waals surface area (Å²) in [4.78, 5) is 20.4. The molecule has 7 nitrogen and oxygen atoms in total. The van der Waals surface area contributed by atoms with E-state index in [1.54, 1.807) is 0 Å². The Morgan fingerprint density at radius 3 is 2.78 bits per heavy atom. The van der Waals surface area contributed by atoms with E-state index in [-0.39, 0.29) is 29.0 Å². The van der Waals surface area contributed by atoms with Crippen LogP contribution in [0.4, 0.5) is 5.82 Å². The van der Waals surface area contributed by atoms with E-state index in [2.05, 4.69) is 45.8 Å². The summed E-state index contributed by atoms with van der Waals surface area (Å²) in [5, 5.41) is 7.55. The zero-order chi connectivity index (χ0) is 16.6. The highest BCUT2D eigenvalue weighted by molar-refractivity contribution is 5.96. The number of nitrogen functional groups attached to an aromatic ring is 1. The predicted molar refractivity (Wildman–Crippen MR) is 86.8 cm³/mol. The van der Waals surface area contributed by atoms with Crippen LogP contribution in [0, 0.1) is 0 Å². The maximum absolute atomic E-state index is 12.4. The second-order valence-electron chi connectivity index (χ2n) is 6.84. The van der Waals surface area contributed by atoms with Crippen LogP contribution >= 0.6 is 0 Å². The number of fused-ring (bicyclic) bond motifs is 1. The highest BCUT2D eigenvalue weighted by Crippen LogP contribution is 2.32. The summed E-state index contributed by atoms with van der Waals surface area (Å²) in [6, 6.07) is -0.0660. The molecule has 0 fully saturated rings. The minimum absolute atomic E-state index is 0.0660. The molecule has 2 aromatic heterocycles. The van der Waals surface area contributed by atoms with E-state index in [1.165, 1.54) is 18.1 Å². The van der Waals surface area contributed by atoms with Gasteiger partial charge in [0.25, 0.3) is 5.91 Å². The fraction of sp³-hybridized carbons (Fsp3) is 0.500. The molecule has 0 aliphatic heterocycles. The second kappa shape index (κ2) is 5.64. The molecule has 1 atom stereocenters. The molecular formula is C16H22N6O. The van der Waals surface area contributed by atoms with E-state index >= 15 is 0 Å². The molecule has 1 aliphatic carbocycles. The van der Waals surface area contributed by atoms with Gasteiger partial charge in [-0.1, -0.05) is 0 Å². The van der Waals surface area contributed by atoms with Crippen LogP contribution in [0.15, 0.2) is 18.6 Å². The first-order chi connectivity index (χ1) is 10.9. The van der Waals surface area contributed by atoms with Crippen LogP contribution in [0.1, 0.15) is 61.4 Å². The topological polar surface area (TPSA) is 98.7 Å². The highest BCUT2D eigenvalue weighted by Gasteiger charge is 2.29. The van der Waals surface area contributed by atoms with Crippen molar-refractivity contribution in [2.75, 3.05) is 5.73 Å². The fourth-order valence-electron chi connectivity index (χ4n) is 3.04. The van der Waals surface area contributed by atoms with Crippen LogP contribution in [0.3, 0.4) is 0 Å². The molecule has 7 heteroatoms. The van der Waals surface area contributed by atoms with Gasteiger partial charge in [0, 0.05) is 23.7 Å². The fourth-order valence-corrected chi connectivity index (χ4v) is 3.04. The number of carbonyl (C=O) groups is 1. The third-order valence-corrected chi connectivity index (χ3v) is 4.07. The average Bonchev–Trinajstić information content (AvgIpc) is 2.92. The molecule has 122 valence electrons. The van der Waals surface area contributed by atoms with Crippen molar-refractivity contribution in [1.82, 2.24) is 25.1 Å². The standard InChI is InChI=1S/C16H22N6O/c1-16(2,3)22-12-6-4-5-11(10(12)9-20-22)21-15(23)13-14(17)19-8-7-18-13/h7-9,11H,4-6H2,1-3H3,(H2,17,19)(H,21,23). The van der Waals surface area contributed by atoms with Gasteiger partial charge in [0.1, 0.15) is 0 Å². The van der Waals surface area contributed by atoms with Crippen molar-refractivity contribution in [2.45, 2.75) is 51.6 Å². The molecule has 2 heterocycles. The lowest BCUT2D eigenvalue weighted by molar-refractivity contribution is 0.0928. The maximum Gasteiger partial charge on any atom is 0.274 e. The maximum atomic E-state index is 12.4. The quantitative estimate of drug-likeness (QED) is 0.881. The third-order valence-electron chi connectivity index (χ3n) is 4.07. The summed E-state index contributed by atoms with van der Waals surface area (Å²) in [5.41, 5.74) is 8.11. The van der Waals surface area contributed by atoms with Gasteiger partial charge >= 0.3 is 0 Å². The van der Waals surface area contributed by atoms with E-state index in [0.717, 1.165) is 24.8 Å². The summed E-state index contributed by atoms with van der Waals surface area (Å²) in [6.07, 6.45) is 7.68. The molecule has 0 saturated carbocycles. The van der Waals surface area contributed by atoms with E-state index < -0.39 is 0 Å². The molecule has 0 bridgehead atoms. The van der Waals surface area contributed by atoms with Crippen LogP contribution in [0.25, 0.3) is 0 Å². The molecule has 2 aromatic rings. The van der Waals surface area contributed by atoms with Gasteiger partial charge in [0.15, 0.2) is 11.5 Å². The number of nitrogens with zero attached hydrogens (tertiary/aromatic N) is 4. The molecule has 1 aliphatic rings. The second-order valence-corrected chi connectivity index (χ2v) is 6.84. The lowest BCUT2D eigenvalue weighted by Gasteiger charge is -2.28. The first-order valence-electron chi connectivity index (χ1n) is 7.82. The Kier molecular flexibility index (Phi) is 3.79. The largest absolute Gasteiger partial charge is 0.382 e. The Hall–Kier alpha value is -2.44. The Bertz CT molecular complexity index is 730. The SMILES string of the molecule is CC(C)(C)n1ncc2c1CCCC2NC(=O)c1nccnc1N. The van der Waals surface area contributed by atoms with Crippen LogP contribution in [-0.2, 0) is 12.0 Å². The first-order valence-corrected chi connectivity index (χ1v) is 7.82. The van der Waals surface area contributed by atoms with Crippen molar-refractivity contribution in [3.8, 4) is 0 Å². The van der Waals surface area contributed by atoms with Gasteiger partial charge in [-0.15, -0.1) is 0 Å². The van der Waals surface area contributed by atoms with Crippen molar-refractivity contribution in [3.05, 3.63) is 35.5 Å². The number of carbonyl (C=O) groups excluding carboxylic acids is 1. The summed E-state index contributed by atoms with van der Waals surface area (Å²) in [5.74, 6) is -0.150. The van der Waals surface area contributed by atoms with Crippen molar-refractivity contribution >= 4 is 11.7 Å². The molecule has 23 heavy (non-hydrogen) atoms. The van der Waals surface area contributed by atoms with Gasteiger partial charge in [-0.05, 0) is 40.0 Å². The summed E-state index contributed by atoms with van der Waals surface area (Å²) in [6.45, 7) is 6.38. The van der Waals surface area contributed by atoms with Gasteiger partial charge in [0.2, 0.25) is 0 Å². The number of hydrogen-bond acceptors (Lipinski definition) is 5.